The topological polar surface area (TPSA) is 84.6 Å². The molecule has 1 aromatic heterocycles. The summed E-state index contributed by atoms with van der Waals surface area (Å²) in [6.45, 7) is 6.00. The molecular weight excluding hydrogens is 416 g/mol. The fourth-order valence-electron chi connectivity index (χ4n) is 4.11. The lowest BCUT2D eigenvalue weighted by Gasteiger charge is -2.36. The fraction of sp³-hybridized carbons (Fsp3) is 0.364. The molecular formula is C22H26N4O4S. The molecule has 0 aliphatic carbocycles. The summed E-state index contributed by atoms with van der Waals surface area (Å²) < 4.78 is 30.3. The maximum absolute atomic E-state index is 13.3. The molecule has 31 heavy (non-hydrogen) atoms. The second kappa shape index (κ2) is 7.65. The highest BCUT2D eigenvalue weighted by molar-refractivity contribution is 7.89. The number of fused-ring (bicyclic) bond motifs is 1. The first-order chi connectivity index (χ1) is 14.6. The van der Waals surface area contributed by atoms with Crippen molar-refractivity contribution in [3.8, 4) is 0 Å². The number of benzene rings is 2. The number of sulfonamides is 1. The molecule has 9 heteroatoms. The molecule has 164 valence electrons. The standard InChI is InChI=1S/C22H26N4O4S/c1-15-5-6-16(2)20(13-15)25-9-11-26(12-10-25)31(29,30)17-7-8-19-18(14-17)21(27)24(4)22(28)23(19)3/h5-8,13-14H,9-12H2,1-4H3. The molecule has 4 rings (SSSR count). The molecule has 3 aromatic rings. The average molecular weight is 443 g/mol. The van der Waals surface area contributed by atoms with Crippen LogP contribution in [-0.4, -0.2) is 48.0 Å². The Kier molecular flexibility index (Phi) is 5.26. The van der Waals surface area contributed by atoms with Crippen molar-refractivity contribution in [3.63, 3.8) is 0 Å². The van der Waals surface area contributed by atoms with Gasteiger partial charge in [0.25, 0.3) is 5.56 Å². The average Bonchev–Trinajstić information content (AvgIpc) is 2.77. The van der Waals surface area contributed by atoms with Gasteiger partial charge in [-0.25, -0.2) is 13.2 Å². The van der Waals surface area contributed by atoms with Crippen LogP contribution in [0.2, 0.25) is 0 Å². The monoisotopic (exact) mass is 442 g/mol. The molecule has 0 spiro atoms. The van der Waals surface area contributed by atoms with E-state index in [9.17, 15) is 18.0 Å². The third-order valence-corrected chi connectivity index (χ3v) is 7.91. The molecule has 1 saturated heterocycles. The Morgan fingerprint density at radius 1 is 0.839 bits per heavy atom. The zero-order valence-corrected chi connectivity index (χ0v) is 18.9. The van der Waals surface area contributed by atoms with Crippen molar-refractivity contribution in [2.75, 3.05) is 31.1 Å². The van der Waals surface area contributed by atoms with Crippen molar-refractivity contribution in [2.45, 2.75) is 18.7 Å². The predicted octanol–water partition coefficient (Wildman–Crippen LogP) is 1.36. The SMILES string of the molecule is Cc1ccc(C)c(N2CCN(S(=O)(=O)c3ccc4c(c3)c(=O)n(C)c(=O)n4C)CC2)c1. The van der Waals surface area contributed by atoms with Crippen molar-refractivity contribution in [1.82, 2.24) is 13.4 Å². The van der Waals surface area contributed by atoms with Gasteiger partial charge in [-0.1, -0.05) is 12.1 Å². The zero-order valence-electron chi connectivity index (χ0n) is 18.1. The first kappa shape index (κ1) is 21.3. The number of aromatic nitrogens is 2. The van der Waals surface area contributed by atoms with Crippen LogP contribution < -0.4 is 16.1 Å². The van der Waals surface area contributed by atoms with Crippen LogP contribution in [0.4, 0.5) is 5.69 Å². The van der Waals surface area contributed by atoms with Gasteiger partial charge in [-0.05, 0) is 49.2 Å². The highest BCUT2D eigenvalue weighted by atomic mass is 32.2. The van der Waals surface area contributed by atoms with E-state index in [0.29, 0.717) is 31.7 Å². The van der Waals surface area contributed by atoms with E-state index >= 15 is 0 Å². The summed E-state index contributed by atoms with van der Waals surface area (Å²) in [5.41, 5.74) is 2.92. The van der Waals surface area contributed by atoms with Gasteiger partial charge in [0.05, 0.1) is 15.8 Å². The zero-order chi connectivity index (χ0) is 22.5. The molecule has 0 N–H and O–H groups in total. The second-order valence-corrected chi connectivity index (χ2v) is 10.0. The molecule has 0 saturated carbocycles. The molecule has 1 aliphatic heterocycles. The van der Waals surface area contributed by atoms with Gasteiger partial charge in [0.1, 0.15) is 0 Å². The van der Waals surface area contributed by atoms with Crippen LogP contribution in [0.1, 0.15) is 11.1 Å². The molecule has 0 unspecified atom stereocenters. The number of anilines is 1. The van der Waals surface area contributed by atoms with Gasteiger partial charge in [0.2, 0.25) is 10.0 Å². The lowest BCUT2D eigenvalue weighted by atomic mass is 10.1. The fourth-order valence-corrected chi connectivity index (χ4v) is 5.56. The van der Waals surface area contributed by atoms with Gasteiger partial charge in [-0.2, -0.15) is 4.31 Å². The Hall–Kier alpha value is -2.91. The number of rotatable bonds is 3. The second-order valence-electron chi connectivity index (χ2n) is 8.07. The molecule has 8 nitrogen and oxygen atoms in total. The summed E-state index contributed by atoms with van der Waals surface area (Å²) >= 11 is 0. The molecule has 0 atom stereocenters. The van der Waals surface area contributed by atoms with Crippen LogP contribution in [0.3, 0.4) is 0 Å². The number of hydrogen-bond donors (Lipinski definition) is 0. The molecule has 0 radical (unpaired) electrons. The first-order valence-electron chi connectivity index (χ1n) is 10.1. The van der Waals surface area contributed by atoms with E-state index in [1.165, 1.54) is 39.7 Å². The maximum Gasteiger partial charge on any atom is 0.330 e. The van der Waals surface area contributed by atoms with Crippen molar-refractivity contribution in [2.24, 2.45) is 14.1 Å². The Morgan fingerprint density at radius 3 is 2.19 bits per heavy atom. The third-order valence-electron chi connectivity index (χ3n) is 6.02. The number of nitrogens with zero attached hydrogens (tertiary/aromatic N) is 4. The van der Waals surface area contributed by atoms with E-state index < -0.39 is 21.3 Å². The van der Waals surface area contributed by atoms with Crippen LogP contribution >= 0.6 is 0 Å². The first-order valence-corrected chi connectivity index (χ1v) is 11.6. The summed E-state index contributed by atoms with van der Waals surface area (Å²) in [7, 11) is -0.812. The van der Waals surface area contributed by atoms with Crippen LogP contribution in [0.15, 0.2) is 50.9 Å². The van der Waals surface area contributed by atoms with Gasteiger partial charge in [0, 0.05) is 46.0 Å². The van der Waals surface area contributed by atoms with Gasteiger partial charge in [-0.15, -0.1) is 0 Å². The maximum atomic E-state index is 13.3. The number of hydrogen-bond acceptors (Lipinski definition) is 5. The van der Waals surface area contributed by atoms with Crippen molar-refractivity contribution >= 4 is 26.6 Å². The molecule has 1 aliphatic rings. The minimum Gasteiger partial charge on any atom is -0.369 e. The van der Waals surface area contributed by atoms with Crippen LogP contribution in [0.5, 0.6) is 0 Å². The summed E-state index contributed by atoms with van der Waals surface area (Å²) in [5, 5.41) is 0.208. The third kappa shape index (κ3) is 3.57. The molecule has 2 aromatic carbocycles. The lowest BCUT2D eigenvalue weighted by molar-refractivity contribution is 0.385. The molecule has 2 heterocycles. The van der Waals surface area contributed by atoms with E-state index in [-0.39, 0.29) is 10.3 Å². The van der Waals surface area contributed by atoms with Crippen molar-refractivity contribution in [3.05, 3.63) is 68.4 Å². The lowest BCUT2D eigenvalue weighted by Crippen LogP contribution is -2.48. The summed E-state index contributed by atoms with van der Waals surface area (Å²) in [6, 6.07) is 10.6. The summed E-state index contributed by atoms with van der Waals surface area (Å²) in [6.07, 6.45) is 0. The van der Waals surface area contributed by atoms with E-state index in [0.717, 1.165) is 15.8 Å². The minimum absolute atomic E-state index is 0.0657. The smallest absolute Gasteiger partial charge is 0.330 e. The van der Waals surface area contributed by atoms with Gasteiger partial charge < -0.3 is 4.90 Å². The van der Waals surface area contributed by atoms with Crippen LogP contribution in [-0.2, 0) is 24.1 Å². The summed E-state index contributed by atoms with van der Waals surface area (Å²) in [4.78, 5) is 26.9. The highest BCUT2D eigenvalue weighted by Gasteiger charge is 2.29. The number of piperazine rings is 1. The van der Waals surface area contributed by atoms with E-state index in [2.05, 4.69) is 30.0 Å². The normalized spacial score (nSPS) is 15.5. The Labute approximate surface area is 181 Å². The van der Waals surface area contributed by atoms with Gasteiger partial charge in [0.15, 0.2) is 0 Å². The number of aryl methyl sites for hydroxylation is 3. The van der Waals surface area contributed by atoms with Crippen molar-refractivity contribution in [1.29, 1.82) is 0 Å². The van der Waals surface area contributed by atoms with Crippen molar-refractivity contribution < 1.29 is 8.42 Å². The van der Waals surface area contributed by atoms with Gasteiger partial charge in [-0.3, -0.25) is 13.9 Å². The predicted molar refractivity (Wildman–Crippen MR) is 121 cm³/mol. The summed E-state index contributed by atoms with van der Waals surface area (Å²) in [5.74, 6) is 0. The van der Waals surface area contributed by atoms with E-state index in [1.807, 2.05) is 6.92 Å². The van der Waals surface area contributed by atoms with E-state index in [4.69, 9.17) is 0 Å². The largest absolute Gasteiger partial charge is 0.369 e. The quantitative estimate of drug-likeness (QED) is 0.612. The minimum atomic E-state index is -3.76. The van der Waals surface area contributed by atoms with Gasteiger partial charge >= 0.3 is 5.69 Å². The Bertz CT molecular complexity index is 1400. The van der Waals surface area contributed by atoms with E-state index in [1.54, 1.807) is 7.05 Å². The molecule has 0 bridgehead atoms. The Balaban J connectivity index is 1.64. The molecule has 1 fully saturated rings. The highest BCUT2D eigenvalue weighted by Crippen LogP contribution is 2.25. The van der Waals surface area contributed by atoms with Crippen LogP contribution in [0, 0.1) is 13.8 Å². The Morgan fingerprint density at radius 2 is 1.52 bits per heavy atom. The molecule has 0 amide bonds. The van der Waals surface area contributed by atoms with Crippen LogP contribution in [0.25, 0.3) is 10.9 Å².